The van der Waals surface area contributed by atoms with Crippen LogP contribution in [-0.4, -0.2) is 97.1 Å². The molecule has 0 unspecified atom stereocenters. The van der Waals surface area contributed by atoms with Gasteiger partial charge in [-0.25, -0.2) is 4.98 Å². The van der Waals surface area contributed by atoms with Gasteiger partial charge in [0.15, 0.2) is 5.76 Å². The number of fused-ring (bicyclic) bond motifs is 1. The number of aliphatic hydroxyl groups excluding tert-OH is 1. The van der Waals surface area contributed by atoms with Gasteiger partial charge in [-0.2, -0.15) is 0 Å². The summed E-state index contributed by atoms with van der Waals surface area (Å²) in [7, 11) is 0. The van der Waals surface area contributed by atoms with Gasteiger partial charge in [-0.15, -0.1) is 32.9 Å². The van der Waals surface area contributed by atoms with Gasteiger partial charge in [0.2, 0.25) is 11.8 Å². The summed E-state index contributed by atoms with van der Waals surface area (Å²) in [5.74, 6) is -0.340. The van der Waals surface area contributed by atoms with Crippen LogP contribution in [0.3, 0.4) is 0 Å². The monoisotopic (exact) mass is 821 g/mol. The van der Waals surface area contributed by atoms with Crippen LogP contribution in [0, 0.1) is 19.8 Å². The molecule has 2 saturated heterocycles. The van der Waals surface area contributed by atoms with E-state index in [1.54, 1.807) is 40.9 Å². The Balaban J connectivity index is 0.859. The number of rotatable bonds is 13. The van der Waals surface area contributed by atoms with Crippen molar-refractivity contribution in [1.82, 2.24) is 35.5 Å². The average molecular weight is 822 g/mol. The Kier molecular flexibility index (Phi) is 11.3. The molecule has 2 fully saturated rings. The van der Waals surface area contributed by atoms with Crippen molar-refractivity contribution < 1.29 is 29.1 Å². The number of likely N-dealkylation sites (tertiary alicyclic amines) is 2. The van der Waals surface area contributed by atoms with Crippen molar-refractivity contribution in [2.24, 2.45) is 5.92 Å². The summed E-state index contributed by atoms with van der Waals surface area (Å²) >= 11 is 3.23. The van der Waals surface area contributed by atoms with Crippen LogP contribution in [0.4, 0.5) is 0 Å². The highest BCUT2D eigenvalue weighted by Gasteiger charge is 2.43. The number of carbonyl (C=O) groups is 2. The van der Waals surface area contributed by atoms with E-state index in [1.807, 2.05) is 75.7 Å². The van der Waals surface area contributed by atoms with E-state index in [4.69, 9.17) is 9.26 Å². The lowest BCUT2D eigenvalue weighted by Gasteiger charge is -2.39. The third kappa shape index (κ3) is 7.95. The number of phenolic OH excluding ortho intramolecular Hbond substituents is 1. The Labute approximate surface area is 344 Å². The van der Waals surface area contributed by atoms with Gasteiger partial charge in [0.25, 0.3) is 5.88 Å². The molecule has 2 aromatic carbocycles. The van der Waals surface area contributed by atoms with Crippen LogP contribution >= 0.6 is 22.7 Å². The lowest BCUT2D eigenvalue weighted by molar-refractivity contribution is -0.141. The summed E-state index contributed by atoms with van der Waals surface area (Å²) in [6, 6.07) is 17.8. The number of aliphatic hydroxyl groups is 1. The van der Waals surface area contributed by atoms with Gasteiger partial charge < -0.3 is 29.7 Å². The number of nitrogens with one attached hydrogen (secondary N) is 1. The van der Waals surface area contributed by atoms with Gasteiger partial charge >= 0.3 is 0 Å². The number of thiazole rings is 1. The Morgan fingerprint density at radius 3 is 2.53 bits per heavy atom. The Bertz CT molecular complexity index is 2420. The third-order valence-corrected chi connectivity index (χ3v) is 13.3. The van der Waals surface area contributed by atoms with Crippen molar-refractivity contribution in [3.63, 3.8) is 0 Å². The Morgan fingerprint density at radius 2 is 1.81 bits per heavy atom. The summed E-state index contributed by atoms with van der Waals surface area (Å²) in [4.78, 5) is 39.2. The molecule has 2 amide bonds. The molecule has 0 saturated carbocycles. The number of hydrogen-bond donors (Lipinski definition) is 3. The van der Waals surface area contributed by atoms with Crippen LogP contribution in [-0.2, 0) is 9.59 Å². The van der Waals surface area contributed by atoms with Crippen molar-refractivity contribution in [2.45, 2.75) is 71.1 Å². The molecule has 4 aromatic heterocycles. The first-order valence-electron chi connectivity index (χ1n) is 19.6. The van der Waals surface area contributed by atoms with Crippen LogP contribution in [0.2, 0.25) is 0 Å². The number of amides is 2. The number of benzene rings is 2. The second-order valence-electron chi connectivity index (χ2n) is 15.6. The van der Waals surface area contributed by atoms with Crippen LogP contribution < -0.4 is 10.1 Å². The lowest BCUT2D eigenvalue weighted by atomic mass is 9.89. The highest BCUT2D eigenvalue weighted by Crippen LogP contribution is 2.41. The quantitative estimate of drug-likeness (QED) is 0.112. The van der Waals surface area contributed by atoms with Gasteiger partial charge in [-0.3, -0.25) is 14.5 Å². The fourth-order valence-corrected chi connectivity index (χ4v) is 10.0. The van der Waals surface area contributed by atoms with Crippen molar-refractivity contribution in [1.29, 1.82) is 0 Å². The first-order chi connectivity index (χ1) is 27.9. The molecule has 4 atom stereocenters. The maximum Gasteiger partial charge on any atom is 0.254 e. The smallest absolute Gasteiger partial charge is 0.254 e. The van der Waals surface area contributed by atoms with Crippen LogP contribution in [0.25, 0.3) is 31.9 Å². The van der Waals surface area contributed by atoms with Crippen molar-refractivity contribution >= 4 is 44.7 Å². The Morgan fingerprint density at radius 1 is 1.03 bits per heavy atom. The van der Waals surface area contributed by atoms with E-state index in [2.05, 4.69) is 37.5 Å². The molecule has 3 N–H and O–H groups in total. The minimum atomic E-state index is -0.826. The predicted molar refractivity (Wildman–Crippen MR) is 223 cm³/mol. The van der Waals surface area contributed by atoms with E-state index in [1.165, 1.54) is 15.3 Å². The number of ether oxygens (including phenoxy) is 1. The molecule has 6 aromatic rings. The van der Waals surface area contributed by atoms with Gasteiger partial charge in [-0.1, -0.05) is 50.2 Å². The number of para-hydroxylation sites is 1. The fourth-order valence-electron chi connectivity index (χ4n) is 8.18. The molecular formula is C43H47N7O6S2. The molecule has 0 bridgehead atoms. The largest absolute Gasteiger partial charge is 0.507 e. The zero-order valence-corrected chi connectivity index (χ0v) is 34.7. The third-order valence-electron chi connectivity index (χ3n) is 11.3. The SMILES string of the molecule is Cc1ncsc1-c1ccc([C@H](C)NC(=O)[C@@H]2C[C@@H](O)CN2C(=O)[C@@H](c2cc(OCCN3CC(c4c(C)sc5nnc(-c6ccccc6O)cc45)C3)no2)C(C)C)cc1. The number of nitrogens with zero attached hydrogens (tertiary/aromatic N) is 6. The van der Waals surface area contributed by atoms with Crippen molar-refractivity contribution in [2.75, 3.05) is 32.8 Å². The molecule has 6 heterocycles. The van der Waals surface area contributed by atoms with E-state index in [-0.39, 0.29) is 42.5 Å². The van der Waals surface area contributed by atoms with E-state index < -0.39 is 18.1 Å². The average Bonchev–Trinajstić information content (AvgIpc) is 3.99. The molecule has 13 nitrogen and oxygen atoms in total. The number of hydrogen-bond acceptors (Lipinski definition) is 13. The van der Waals surface area contributed by atoms with Crippen LogP contribution in [0.15, 0.2) is 70.7 Å². The molecule has 0 radical (unpaired) electrons. The number of β-amino-alcohol motifs (C(OH)–C–C–N with tert-alkyl or cyclic N) is 1. The number of aryl methyl sites for hydroxylation is 2. The van der Waals surface area contributed by atoms with Crippen molar-refractivity contribution in [3.8, 4) is 33.3 Å². The summed E-state index contributed by atoms with van der Waals surface area (Å²) in [6.07, 6.45) is -0.673. The molecule has 8 rings (SSSR count). The van der Waals surface area contributed by atoms with E-state index in [9.17, 15) is 19.8 Å². The van der Waals surface area contributed by atoms with Gasteiger partial charge in [0.1, 0.15) is 29.1 Å². The second kappa shape index (κ2) is 16.6. The molecule has 0 aliphatic carbocycles. The summed E-state index contributed by atoms with van der Waals surface area (Å²) in [5, 5.41) is 38.2. The number of phenols is 1. The fraction of sp³-hybridized carbons (Fsp3) is 0.395. The van der Waals surface area contributed by atoms with E-state index in [0.717, 1.165) is 45.0 Å². The zero-order chi connectivity index (χ0) is 40.7. The lowest BCUT2D eigenvalue weighted by Crippen LogP contribution is -2.48. The van der Waals surface area contributed by atoms with Gasteiger partial charge in [0, 0.05) is 60.4 Å². The number of carbonyl (C=O) groups excluding carboxylic acids is 2. The second-order valence-corrected chi connectivity index (χ2v) is 17.7. The maximum atomic E-state index is 14.2. The molecule has 58 heavy (non-hydrogen) atoms. The first-order valence-corrected chi connectivity index (χ1v) is 21.3. The Hall–Kier alpha value is -5.22. The van der Waals surface area contributed by atoms with Crippen molar-refractivity contribution in [3.05, 3.63) is 93.6 Å². The molecule has 2 aliphatic heterocycles. The molecule has 15 heteroatoms. The first kappa shape index (κ1) is 39.6. The zero-order valence-electron chi connectivity index (χ0n) is 33.1. The topological polar surface area (TPSA) is 167 Å². The molecule has 0 spiro atoms. The van der Waals surface area contributed by atoms with E-state index >= 15 is 0 Å². The molecule has 2 aliphatic rings. The highest BCUT2D eigenvalue weighted by molar-refractivity contribution is 7.18. The predicted octanol–water partition coefficient (Wildman–Crippen LogP) is 6.85. The number of aromatic nitrogens is 4. The van der Waals surface area contributed by atoms with Gasteiger partial charge in [-0.05, 0) is 66.7 Å². The minimum Gasteiger partial charge on any atom is -0.507 e. The minimum absolute atomic E-state index is 0.0532. The standard InChI is InChI=1S/C43H47N7O6S2/c1-23(2)38(43(54)50-21-30(51)16-34(50)41(53)45-24(3)27-10-12-28(13-11-27)40-25(4)44-22-57-40)36-18-37(48-56-36)55-15-14-49-19-29(20-49)39-26(5)58-42-32(39)17-33(46-47-42)31-8-6-7-9-35(31)52/h6-13,17-18,22-24,29-30,34,38,51-52H,14-16,19-21H2,1-5H3,(H,45,53)/t24-,30+,34-,38+/m0/s1. The maximum absolute atomic E-state index is 14.2. The number of aromatic hydroxyl groups is 1. The van der Waals surface area contributed by atoms with Crippen LogP contribution in [0.1, 0.15) is 72.5 Å². The van der Waals surface area contributed by atoms with E-state index in [0.29, 0.717) is 42.0 Å². The summed E-state index contributed by atoms with van der Waals surface area (Å²) < 4.78 is 11.7. The molecule has 302 valence electrons. The molecular weight excluding hydrogens is 775 g/mol. The summed E-state index contributed by atoms with van der Waals surface area (Å²) in [6.45, 7) is 12.7. The van der Waals surface area contributed by atoms with Crippen LogP contribution in [0.5, 0.6) is 11.6 Å². The number of thiophene rings is 1. The normalized spacial score (nSPS) is 18.4. The summed E-state index contributed by atoms with van der Waals surface area (Å²) in [5.41, 5.74) is 7.40. The van der Waals surface area contributed by atoms with Gasteiger partial charge in [0.05, 0.1) is 33.9 Å². The highest BCUT2D eigenvalue weighted by atomic mass is 32.1.